The van der Waals surface area contributed by atoms with Gasteiger partial charge in [-0.2, -0.15) is 10.2 Å². The summed E-state index contributed by atoms with van der Waals surface area (Å²) in [7, 11) is 3.22. The number of anilines is 1. The molecule has 3 aromatic rings. The first-order valence-corrected chi connectivity index (χ1v) is 8.96. The van der Waals surface area contributed by atoms with E-state index in [1.54, 1.807) is 25.1 Å². The van der Waals surface area contributed by atoms with Gasteiger partial charge < -0.3 is 14.8 Å². The summed E-state index contributed by atoms with van der Waals surface area (Å²) in [5.41, 5.74) is 4.28. The first kappa shape index (κ1) is 19.5. The van der Waals surface area contributed by atoms with Gasteiger partial charge in [0.2, 0.25) is 5.91 Å². The Morgan fingerprint density at radius 3 is 2.46 bits per heavy atom. The van der Waals surface area contributed by atoms with Crippen LogP contribution in [0.1, 0.15) is 22.6 Å². The van der Waals surface area contributed by atoms with Crippen LogP contribution in [0.2, 0.25) is 0 Å². The molecule has 0 atom stereocenters. The second-order valence-corrected chi connectivity index (χ2v) is 6.60. The minimum Gasteiger partial charge on any atom is -0.493 e. The van der Waals surface area contributed by atoms with Crippen molar-refractivity contribution < 1.29 is 14.3 Å². The average Bonchev–Trinajstić information content (AvgIpc) is 3.19. The molecule has 0 aliphatic rings. The highest BCUT2D eigenvalue weighted by molar-refractivity contribution is 5.91. The maximum atomic E-state index is 12.4. The Bertz CT molecular complexity index is 990. The molecule has 8 nitrogen and oxygen atoms in total. The van der Waals surface area contributed by atoms with Crippen LogP contribution in [0.25, 0.3) is 0 Å². The molecule has 0 radical (unpaired) electrons. The van der Waals surface area contributed by atoms with Crippen molar-refractivity contribution in [2.75, 3.05) is 19.5 Å². The molecule has 0 bridgehead atoms. The fourth-order valence-electron chi connectivity index (χ4n) is 3.06. The Morgan fingerprint density at radius 1 is 1.07 bits per heavy atom. The number of ether oxygens (including phenoxy) is 2. The third-order valence-corrected chi connectivity index (χ3v) is 4.51. The average molecular weight is 383 g/mol. The van der Waals surface area contributed by atoms with Crippen LogP contribution in [0.15, 0.2) is 30.5 Å². The Kier molecular flexibility index (Phi) is 5.67. The number of carbonyl (C=O) groups is 1. The molecular formula is C20H25N5O3. The predicted molar refractivity (Wildman–Crippen MR) is 106 cm³/mol. The number of methoxy groups -OCH3 is 2. The first-order valence-electron chi connectivity index (χ1n) is 8.96. The van der Waals surface area contributed by atoms with Crippen molar-refractivity contribution in [1.29, 1.82) is 0 Å². The molecule has 0 saturated heterocycles. The Morgan fingerprint density at radius 2 is 1.82 bits per heavy atom. The zero-order valence-electron chi connectivity index (χ0n) is 16.8. The summed E-state index contributed by atoms with van der Waals surface area (Å²) in [6, 6.07) is 7.63. The standard InChI is InChI=1S/C20H25N5O3/c1-13-8-9-24(22-13)12-19(26)21-20-14(2)23-25(15(20)3)11-16-6-7-17(27-4)18(10-16)28-5/h6-10H,11-12H2,1-5H3,(H,21,26). The Balaban J connectivity index is 1.75. The van der Waals surface area contributed by atoms with E-state index in [0.717, 1.165) is 28.3 Å². The number of benzene rings is 1. The second-order valence-electron chi connectivity index (χ2n) is 6.60. The smallest absolute Gasteiger partial charge is 0.246 e. The van der Waals surface area contributed by atoms with E-state index < -0.39 is 0 Å². The van der Waals surface area contributed by atoms with Gasteiger partial charge >= 0.3 is 0 Å². The maximum Gasteiger partial charge on any atom is 0.246 e. The minimum absolute atomic E-state index is 0.139. The van der Waals surface area contributed by atoms with E-state index in [1.807, 2.05) is 49.7 Å². The summed E-state index contributed by atoms with van der Waals surface area (Å²) in [6.45, 7) is 6.43. The van der Waals surface area contributed by atoms with Gasteiger partial charge in [0.05, 0.1) is 43.5 Å². The van der Waals surface area contributed by atoms with Crippen molar-refractivity contribution in [3.05, 3.63) is 53.1 Å². The van der Waals surface area contributed by atoms with Crippen molar-refractivity contribution in [3.63, 3.8) is 0 Å². The summed E-state index contributed by atoms with van der Waals surface area (Å²) in [5.74, 6) is 1.21. The third kappa shape index (κ3) is 4.16. The number of amides is 1. The van der Waals surface area contributed by atoms with Crippen LogP contribution in [-0.2, 0) is 17.9 Å². The number of hydrogen-bond donors (Lipinski definition) is 1. The van der Waals surface area contributed by atoms with Crippen molar-refractivity contribution in [3.8, 4) is 11.5 Å². The monoisotopic (exact) mass is 383 g/mol. The third-order valence-electron chi connectivity index (χ3n) is 4.51. The van der Waals surface area contributed by atoms with Crippen molar-refractivity contribution >= 4 is 11.6 Å². The highest BCUT2D eigenvalue weighted by Gasteiger charge is 2.15. The summed E-state index contributed by atoms with van der Waals surface area (Å²) in [4.78, 5) is 12.4. The number of nitrogens with one attached hydrogen (secondary N) is 1. The van der Waals surface area contributed by atoms with Gasteiger partial charge in [0.25, 0.3) is 0 Å². The van der Waals surface area contributed by atoms with E-state index >= 15 is 0 Å². The molecule has 8 heteroatoms. The number of aryl methyl sites for hydroxylation is 2. The lowest BCUT2D eigenvalue weighted by atomic mass is 10.2. The molecule has 1 amide bonds. The van der Waals surface area contributed by atoms with E-state index in [2.05, 4.69) is 15.5 Å². The number of nitrogens with zero attached hydrogens (tertiary/aromatic N) is 4. The van der Waals surface area contributed by atoms with Gasteiger partial charge in [-0.05, 0) is 44.5 Å². The molecule has 0 unspecified atom stereocenters. The molecule has 0 aliphatic carbocycles. The van der Waals surface area contributed by atoms with Crippen LogP contribution in [0, 0.1) is 20.8 Å². The van der Waals surface area contributed by atoms with Crippen LogP contribution >= 0.6 is 0 Å². The Hall–Kier alpha value is -3.29. The fourth-order valence-corrected chi connectivity index (χ4v) is 3.06. The van der Waals surface area contributed by atoms with Crippen LogP contribution in [0.4, 0.5) is 5.69 Å². The normalized spacial score (nSPS) is 10.8. The quantitative estimate of drug-likeness (QED) is 0.678. The van der Waals surface area contributed by atoms with Gasteiger partial charge in [-0.25, -0.2) is 0 Å². The second kappa shape index (κ2) is 8.16. The fraction of sp³-hybridized carbons (Fsp3) is 0.350. The van der Waals surface area contributed by atoms with Crippen LogP contribution < -0.4 is 14.8 Å². The summed E-state index contributed by atoms with van der Waals surface area (Å²) in [5, 5.41) is 11.8. The highest BCUT2D eigenvalue weighted by Crippen LogP contribution is 2.28. The van der Waals surface area contributed by atoms with Crippen LogP contribution in [0.3, 0.4) is 0 Å². The molecule has 3 rings (SSSR count). The van der Waals surface area contributed by atoms with Crippen molar-refractivity contribution in [2.45, 2.75) is 33.9 Å². The van der Waals surface area contributed by atoms with Gasteiger partial charge in [-0.15, -0.1) is 0 Å². The molecule has 0 saturated carbocycles. The number of carbonyl (C=O) groups excluding carboxylic acids is 1. The molecule has 148 valence electrons. The van der Waals surface area contributed by atoms with Gasteiger partial charge in [0.1, 0.15) is 6.54 Å². The van der Waals surface area contributed by atoms with Gasteiger partial charge in [-0.1, -0.05) is 6.07 Å². The minimum atomic E-state index is -0.139. The van der Waals surface area contributed by atoms with Crippen molar-refractivity contribution in [1.82, 2.24) is 19.6 Å². The van der Waals surface area contributed by atoms with E-state index in [4.69, 9.17) is 9.47 Å². The summed E-state index contributed by atoms with van der Waals surface area (Å²) < 4.78 is 14.1. The van der Waals surface area contributed by atoms with Gasteiger partial charge in [0.15, 0.2) is 11.5 Å². The molecule has 2 aromatic heterocycles. The van der Waals surface area contributed by atoms with Gasteiger partial charge in [-0.3, -0.25) is 14.2 Å². The van der Waals surface area contributed by atoms with E-state index in [9.17, 15) is 4.79 Å². The van der Waals surface area contributed by atoms with Crippen LogP contribution in [-0.4, -0.2) is 39.7 Å². The molecule has 28 heavy (non-hydrogen) atoms. The first-order chi connectivity index (χ1) is 13.4. The van der Waals surface area contributed by atoms with Crippen LogP contribution in [0.5, 0.6) is 11.5 Å². The van der Waals surface area contributed by atoms with E-state index in [0.29, 0.717) is 18.0 Å². The topological polar surface area (TPSA) is 83.2 Å². The molecule has 0 fully saturated rings. The summed E-state index contributed by atoms with van der Waals surface area (Å²) in [6.07, 6.45) is 1.79. The van der Waals surface area contributed by atoms with Crippen molar-refractivity contribution in [2.24, 2.45) is 0 Å². The predicted octanol–water partition coefficient (Wildman–Crippen LogP) is 2.71. The lowest BCUT2D eigenvalue weighted by molar-refractivity contribution is -0.116. The molecule has 1 N–H and O–H groups in total. The number of aromatic nitrogens is 4. The van der Waals surface area contributed by atoms with E-state index in [1.165, 1.54) is 0 Å². The number of rotatable bonds is 7. The zero-order chi connectivity index (χ0) is 20.3. The molecule has 0 aliphatic heterocycles. The number of hydrogen-bond acceptors (Lipinski definition) is 5. The molecule has 0 spiro atoms. The molecular weight excluding hydrogens is 358 g/mol. The SMILES string of the molecule is COc1ccc(Cn2nc(C)c(NC(=O)Cn3ccc(C)n3)c2C)cc1OC. The maximum absolute atomic E-state index is 12.4. The lowest BCUT2D eigenvalue weighted by Gasteiger charge is -2.11. The Labute approximate surface area is 164 Å². The molecule has 1 aromatic carbocycles. The molecule has 2 heterocycles. The highest BCUT2D eigenvalue weighted by atomic mass is 16.5. The van der Waals surface area contributed by atoms with E-state index in [-0.39, 0.29) is 12.5 Å². The largest absolute Gasteiger partial charge is 0.493 e. The van der Waals surface area contributed by atoms with Gasteiger partial charge in [0, 0.05) is 6.20 Å². The summed E-state index contributed by atoms with van der Waals surface area (Å²) >= 11 is 0. The lowest BCUT2D eigenvalue weighted by Crippen LogP contribution is -2.20. The zero-order valence-corrected chi connectivity index (χ0v) is 16.8.